The van der Waals surface area contributed by atoms with Gasteiger partial charge in [-0.2, -0.15) is 0 Å². The molecule has 0 spiro atoms. The van der Waals surface area contributed by atoms with Crippen molar-refractivity contribution in [2.24, 2.45) is 5.92 Å². The normalized spacial score (nSPS) is 22.4. The van der Waals surface area contributed by atoms with Crippen LogP contribution < -0.4 is 15.4 Å². The number of hydrogen-bond donors (Lipinski definition) is 2. The molecule has 1 saturated heterocycles. The van der Waals surface area contributed by atoms with Crippen LogP contribution in [0, 0.1) is 5.92 Å². The minimum absolute atomic E-state index is 0.0842. The Morgan fingerprint density at radius 1 is 1.10 bits per heavy atom. The number of nitrogens with one attached hydrogen (secondary N) is 2. The van der Waals surface area contributed by atoms with Crippen LogP contribution in [0.5, 0.6) is 5.75 Å². The zero-order chi connectivity index (χ0) is 14.7. The molecule has 5 nitrogen and oxygen atoms in total. The Morgan fingerprint density at radius 2 is 1.75 bits per heavy atom. The first-order valence-corrected chi connectivity index (χ1v) is 6.75. The first-order valence-electron chi connectivity index (χ1n) is 6.75. The van der Waals surface area contributed by atoms with Crippen LogP contribution in [-0.4, -0.2) is 31.0 Å². The fourth-order valence-corrected chi connectivity index (χ4v) is 2.26. The van der Waals surface area contributed by atoms with Crippen molar-refractivity contribution in [3.8, 4) is 5.75 Å². The van der Waals surface area contributed by atoms with Gasteiger partial charge in [0.25, 0.3) is 0 Å². The van der Waals surface area contributed by atoms with Gasteiger partial charge in [0.15, 0.2) is 0 Å². The fraction of sp³-hybridized carbons (Fsp3) is 0.467. The molecule has 1 aliphatic heterocycles. The SMILES string of the molecule is COc1ccc(C[C@@H]2NC(=O)[C@H](C(C)C)NC2=O)cc1. The molecule has 0 aromatic heterocycles. The molecule has 2 amide bonds. The maximum atomic E-state index is 12.0. The maximum absolute atomic E-state index is 12.0. The molecule has 2 rings (SSSR count). The van der Waals surface area contributed by atoms with E-state index in [-0.39, 0.29) is 17.7 Å². The lowest BCUT2D eigenvalue weighted by atomic mass is 9.97. The van der Waals surface area contributed by atoms with E-state index in [4.69, 9.17) is 4.74 Å². The van der Waals surface area contributed by atoms with Gasteiger partial charge in [-0.05, 0) is 23.6 Å². The monoisotopic (exact) mass is 276 g/mol. The molecular formula is C15H20N2O3. The van der Waals surface area contributed by atoms with Crippen molar-refractivity contribution in [2.75, 3.05) is 7.11 Å². The number of hydrogen-bond acceptors (Lipinski definition) is 3. The molecule has 20 heavy (non-hydrogen) atoms. The summed E-state index contributed by atoms with van der Waals surface area (Å²) >= 11 is 0. The summed E-state index contributed by atoms with van der Waals surface area (Å²) < 4.78 is 5.09. The Hall–Kier alpha value is -2.04. The molecule has 1 fully saturated rings. The van der Waals surface area contributed by atoms with Crippen LogP contribution >= 0.6 is 0 Å². The minimum atomic E-state index is -0.508. The van der Waals surface area contributed by atoms with Gasteiger partial charge in [-0.3, -0.25) is 9.59 Å². The summed E-state index contributed by atoms with van der Waals surface area (Å²) in [4.78, 5) is 24.0. The number of rotatable bonds is 4. The van der Waals surface area contributed by atoms with Crippen LogP contribution in [0.2, 0.25) is 0 Å². The highest BCUT2D eigenvalue weighted by Gasteiger charge is 2.34. The third-order valence-corrected chi connectivity index (χ3v) is 3.48. The molecule has 0 bridgehead atoms. The van der Waals surface area contributed by atoms with E-state index in [0.29, 0.717) is 6.42 Å². The van der Waals surface area contributed by atoms with Crippen LogP contribution in [0.1, 0.15) is 19.4 Å². The summed E-state index contributed by atoms with van der Waals surface area (Å²) in [7, 11) is 1.61. The molecule has 1 aromatic rings. The molecule has 0 radical (unpaired) electrons. The summed E-state index contributed by atoms with van der Waals surface area (Å²) in [5.74, 6) is 0.615. The summed E-state index contributed by atoms with van der Waals surface area (Å²) in [5, 5.41) is 5.58. The Morgan fingerprint density at radius 3 is 2.30 bits per heavy atom. The smallest absolute Gasteiger partial charge is 0.243 e. The van der Waals surface area contributed by atoms with Crippen molar-refractivity contribution in [1.29, 1.82) is 0 Å². The highest BCUT2D eigenvalue weighted by atomic mass is 16.5. The van der Waals surface area contributed by atoms with Gasteiger partial charge < -0.3 is 15.4 Å². The quantitative estimate of drug-likeness (QED) is 0.857. The zero-order valence-electron chi connectivity index (χ0n) is 12.0. The third kappa shape index (κ3) is 3.10. The molecule has 0 saturated carbocycles. The molecular weight excluding hydrogens is 256 g/mol. The van der Waals surface area contributed by atoms with Gasteiger partial charge in [0.1, 0.15) is 17.8 Å². The van der Waals surface area contributed by atoms with Gasteiger partial charge in [-0.1, -0.05) is 26.0 Å². The Balaban J connectivity index is 2.03. The number of piperazine rings is 1. The van der Waals surface area contributed by atoms with Gasteiger partial charge in [-0.15, -0.1) is 0 Å². The second-order valence-corrected chi connectivity index (χ2v) is 5.34. The van der Waals surface area contributed by atoms with E-state index >= 15 is 0 Å². The van der Waals surface area contributed by atoms with Crippen molar-refractivity contribution in [2.45, 2.75) is 32.4 Å². The van der Waals surface area contributed by atoms with Crippen LogP contribution in [0.4, 0.5) is 0 Å². The molecule has 1 heterocycles. The molecule has 5 heteroatoms. The van der Waals surface area contributed by atoms with Crippen molar-refractivity contribution in [1.82, 2.24) is 10.6 Å². The number of carbonyl (C=O) groups excluding carboxylic acids is 2. The number of methoxy groups -OCH3 is 1. The Labute approximate surface area is 118 Å². The van der Waals surface area contributed by atoms with Crippen molar-refractivity contribution >= 4 is 11.8 Å². The van der Waals surface area contributed by atoms with E-state index in [0.717, 1.165) is 11.3 Å². The second-order valence-electron chi connectivity index (χ2n) is 5.34. The van der Waals surface area contributed by atoms with Gasteiger partial charge >= 0.3 is 0 Å². The molecule has 2 N–H and O–H groups in total. The second kappa shape index (κ2) is 5.94. The summed E-state index contributed by atoms with van der Waals surface area (Å²) in [6.07, 6.45) is 0.479. The molecule has 1 aliphatic rings. The maximum Gasteiger partial charge on any atom is 0.243 e. The first kappa shape index (κ1) is 14.4. The van der Waals surface area contributed by atoms with E-state index in [2.05, 4.69) is 10.6 Å². The molecule has 0 aliphatic carbocycles. The fourth-order valence-electron chi connectivity index (χ4n) is 2.26. The minimum Gasteiger partial charge on any atom is -0.497 e. The van der Waals surface area contributed by atoms with Crippen LogP contribution in [0.3, 0.4) is 0 Å². The van der Waals surface area contributed by atoms with Gasteiger partial charge in [0.2, 0.25) is 11.8 Å². The highest BCUT2D eigenvalue weighted by Crippen LogP contribution is 2.14. The Bertz CT molecular complexity index is 496. The lowest BCUT2D eigenvalue weighted by Gasteiger charge is -2.31. The molecule has 0 unspecified atom stereocenters. The number of carbonyl (C=O) groups is 2. The van der Waals surface area contributed by atoms with Crippen LogP contribution in [-0.2, 0) is 16.0 Å². The van der Waals surface area contributed by atoms with E-state index in [1.54, 1.807) is 7.11 Å². The lowest BCUT2D eigenvalue weighted by molar-refractivity contribution is -0.137. The van der Waals surface area contributed by atoms with Gasteiger partial charge in [0.05, 0.1) is 7.11 Å². The molecule has 108 valence electrons. The van der Waals surface area contributed by atoms with Crippen molar-refractivity contribution in [3.05, 3.63) is 29.8 Å². The van der Waals surface area contributed by atoms with Crippen molar-refractivity contribution < 1.29 is 14.3 Å². The summed E-state index contributed by atoms with van der Waals surface area (Å²) in [6, 6.07) is 6.53. The predicted octanol–water partition coefficient (Wildman–Crippen LogP) is 0.877. The van der Waals surface area contributed by atoms with E-state index in [1.165, 1.54) is 0 Å². The average Bonchev–Trinajstić information content (AvgIpc) is 2.43. The number of ether oxygens (including phenoxy) is 1. The Kier molecular flexibility index (Phi) is 4.27. The van der Waals surface area contributed by atoms with E-state index in [1.807, 2.05) is 38.1 Å². The third-order valence-electron chi connectivity index (χ3n) is 3.48. The van der Waals surface area contributed by atoms with Crippen LogP contribution in [0.25, 0.3) is 0 Å². The summed E-state index contributed by atoms with van der Waals surface area (Å²) in [6.45, 7) is 3.82. The van der Waals surface area contributed by atoms with Gasteiger partial charge in [0, 0.05) is 6.42 Å². The van der Waals surface area contributed by atoms with Gasteiger partial charge in [-0.25, -0.2) is 0 Å². The van der Waals surface area contributed by atoms with E-state index < -0.39 is 12.1 Å². The molecule has 2 atom stereocenters. The zero-order valence-corrected chi connectivity index (χ0v) is 12.0. The standard InChI is InChI=1S/C15H20N2O3/c1-9(2)13-15(19)16-12(14(18)17-13)8-10-4-6-11(20-3)7-5-10/h4-7,9,12-13H,8H2,1-3H3,(H,16,19)(H,17,18)/t12-,13-/m0/s1. The largest absolute Gasteiger partial charge is 0.497 e. The number of amides is 2. The highest BCUT2D eigenvalue weighted by molar-refractivity contribution is 5.97. The lowest BCUT2D eigenvalue weighted by Crippen LogP contribution is -2.63. The molecule has 1 aromatic carbocycles. The van der Waals surface area contributed by atoms with Crippen molar-refractivity contribution in [3.63, 3.8) is 0 Å². The van der Waals surface area contributed by atoms with E-state index in [9.17, 15) is 9.59 Å². The topological polar surface area (TPSA) is 67.4 Å². The van der Waals surface area contributed by atoms with Crippen LogP contribution in [0.15, 0.2) is 24.3 Å². The average molecular weight is 276 g/mol. The predicted molar refractivity (Wildman–Crippen MR) is 75.4 cm³/mol. The summed E-state index contributed by atoms with van der Waals surface area (Å²) in [5.41, 5.74) is 0.981. The number of benzene rings is 1. The first-order chi connectivity index (χ1) is 9.51.